The first-order valence-electron chi connectivity index (χ1n) is 7.85. The standard InChI is InChI=1S/C18H22N2O4/c1-9-10(2)15-16(24-15)18(3,4)8-11(9)20-17(22)13-14(21)12(23-5)6-7-19-13/h6-7,11,16,21H,1,8H2,2-5H3,(H,20,22). The molecular formula is C18H22N2O4. The molecule has 1 aliphatic heterocycles. The first-order valence-corrected chi connectivity index (χ1v) is 7.85. The van der Waals surface area contributed by atoms with E-state index in [-0.39, 0.29) is 34.8 Å². The van der Waals surface area contributed by atoms with Crippen LogP contribution in [0.15, 0.2) is 35.7 Å². The third-order valence-corrected chi connectivity index (χ3v) is 4.77. The van der Waals surface area contributed by atoms with Crippen LogP contribution in [-0.4, -0.2) is 35.3 Å². The van der Waals surface area contributed by atoms with E-state index in [1.807, 2.05) is 6.92 Å². The summed E-state index contributed by atoms with van der Waals surface area (Å²) in [6.07, 6.45) is 2.20. The van der Waals surface area contributed by atoms with Crippen molar-refractivity contribution in [3.8, 4) is 11.5 Å². The molecule has 1 aromatic heterocycles. The van der Waals surface area contributed by atoms with Gasteiger partial charge < -0.3 is 19.9 Å². The van der Waals surface area contributed by atoms with E-state index in [0.29, 0.717) is 6.42 Å². The first kappa shape index (κ1) is 16.4. The van der Waals surface area contributed by atoms with Gasteiger partial charge in [0, 0.05) is 17.7 Å². The van der Waals surface area contributed by atoms with Gasteiger partial charge in [0.2, 0.25) is 0 Å². The van der Waals surface area contributed by atoms with Gasteiger partial charge >= 0.3 is 0 Å². The van der Waals surface area contributed by atoms with Gasteiger partial charge in [-0.15, -0.1) is 0 Å². The number of hydrogen-bond acceptors (Lipinski definition) is 5. The summed E-state index contributed by atoms with van der Waals surface area (Å²) >= 11 is 0. The minimum Gasteiger partial charge on any atom is -0.503 e. The van der Waals surface area contributed by atoms with Gasteiger partial charge in [-0.3, -0.25) is 4.79 Å². The fourth-order valence-electron chi connectivity index (χ4n) is 3.20. The lowest BCUT2D eigenvalue weighted by Crippen LogP contribution is -2.40. The second-order valence-corrected chi connectivity index (χ2v) is 6.94. The van der Waals surface area contributed by atoms with Gasteiger partial charge in [0.15, 0.2) is 23.3 Å². The number of pyridine rings is 1. The van der Waals surface area contributed by atoms with Gasteiger partial charge in [-0.2, -0.15) is 0 Å². The number of rotatable bonds is 3. The highest BCUT2D eigenvalue weighted by Gasteiger charge is 2.51. The Morgan fingerprint density at radius 2 is 2.25 bits per heavy atom. The van der Waals surface area contributed by atoms with Gasteiger partial charge in [0.25, 0.3) is 5.91 Å². The van der Waals surface area contributed by atoms with E-state index < -0.39 is 5.91 Å². The van der Waals surface area contributed by atoms with E-state index in [0.717, 1.165) is 16.9 Å². The summed E-state index contributed by atoms with van der Waals surface area (Å²) in [7, 11) is 1.42. The number of carbonyl (C=O) groups is 1. The highest BCUT2D eigenvalue weighted by atomic mass is 16.6. The number of ether oxygens (including phenoxy) is 2. The van der Waals surface area contributed by atoms with E-state index in [2.05, 4.69) is 30.7 Å². The van der Waals surface area contributed by atoms with Crippen molar-refractivity contribution in [1.29, 1.82) is 0 Å². The zero-order valence-electron chi connectivity index (χ0n) is 14.3. The first-order chi connectivity index (χ1) is 11.3. The summed E-state index contributed by atoms with van der Waals surface area (Å²) in [4.78, 5) is 16.6. The van der Waals surface area contributed by atoms with Crippen LogP contribution in [-0.2, 0) is 4.74 Å². The molecule has 0 bridgehead atoms. The van der Waals surface area contributed by atoms with Gasteiger partial charge in [0.05, 0.1) is 13.2 Å². The second kappa shape index (κ2) is 5.54. The van der Waals surface area contributed by atoms with E-state index in [9.17, 15) is 9.90 Å². The zero-order chi connectivity index (χ0) is 17.6. The summed E-state index contributed by atoms with van der Waals surface area (Å²) in [6, 6.07) is 1.25. The minimum atomic E-state index is -0.456. The molecule has 1 aromatic rings. The van der Waals surface area contributed by atoms with Gasteiger partial charge in [-0.25, -0.2) is 4.98 Å². The van der Waals surface area contributed by atoms with Crippen LogP contribution in [0.1, 0.15) is 37.7 Å². The van der Waals surface area contributed by atoms with Crippen LogP contribution >= 0.6 is 0 Å². The van der Waals surface area contributed by atoms with Crippen molar-refractivity contribution in [2.75, 3.05) is 7.11 Å². The van der Waals surface area contributed by atoms with Crippen molar-refractivity contribution in [2.45, 2.75) is 39.3 Å². The number of epoxide rings is 1. The maximum Gasteiger partial charge on any atom is 0.274 e. The fraction of sp³-hybridized carbons (Fsp3) is 0.444. The summed E-state index contributed by atoms with van der Waals surface area (Å²) in [5.41, 5.74) is 1.64. The van der Waals surface area contributed by atoms with Crippen LogP contribution in [0.3, 0.4) is 0 Å². The van der Waals surface area contributed by atoms with Crippen LogP contribution in [0, 0.1) is 5.41 Å². The molecule has 1 amide bonds. The monoisotopic (exact) mass is 330 g/mol. The van der Waals surface area contributed by atoms with Crippen LogP contribution in [0.4, 0.5) is 0 Å². The maximum absolute atomic E-state index is 12.6. The Hall–Kier alpha value is -2.50. The molecule has 1 fully saturated rings. The van der Waals surface area contributed by atoms with Crippen molar-refractivity contribution in [1.82, 2.24) is 10.3 Å². The Labute approximate surface area is 141 Å². The smallest absolute Gasteiger partial charge is 0.274 e. The number of methoxy groups -OCH3 is 1. The molecule has 1 saturated heterocycles. The molecule has 0 saturated carbocycles. The Kier molecular flexibility index (Phi) is 3.78. The number of nitrogens with zero attached hydrogens (tertiary/aromatic N) is 1. The quantitative estimate of drug-likeness (QED) is 0.832. The third kappa shape index (κ3) is 2.62. The Balaban J connectivity index is 1.85. The average molecular weight is 330 g/mol. The summed E-state index contributed by atoms with van der Waals surface area (Å²) in [5.74, 6) is 0.451. The molecule has 0 aromatic carbocycles. The summed E-state index contributed by atoms with van der Waals surface area (Å²) in [6.45, 7) is 10.3. The molecule has 6 nitrogen and oxygen atoms in total. The SMILES string of the molecule is C=C1C(C)=C2OC2C(C)(C)CC1NC(=O)c1nccc(OC)c1O. The Morgan fingerprint density at radius 3 is 2.92 bits per heavy atom. The van der Waals surface area contributed by atoms with E-state index in [1.54, 1.807) is 0 Å². The van der Waals surface area contributed by atoms with Crippen LogP contribution in [0.5, 0.6) is 11.5 Å². The molecule has 2 atom stereocenters. The highest BCUT2D eigenvalue weighted by Crippen LogP contribution is 2.50. The van der Waals surface area contributed by atoms with Crippen LogP contribution in [0.2, 0.25) is 0 Å². The van der Waals surface area contributed by atoms with Crippen LogP contribution in [0.25, 0.3) is 0 Å². The molecule has 2 heterocycles. The molecule has 1 aliphatic carbocycles. The Bertz CT molecular complexity index is 751. The summed E-state index contributed by atoms with van der Waals surface area (Å²) in [5, 5.41) is 13.1. The average Bonchev–Trinajstić information content (AvgIpc) is 3.34. The molecule has 3 rings (SSSR count). The topological polar surface area (TPSA) is 84.0 Å². The lowest BCUT2D eigenvalue weighted by molar-refractivity contribution is 0.0920. The summed E-state index contributed by atoms with van der Waals surface area (Å²) < 4.78 is 10.7. The predicted molar refractivity (Wildman–Crippen MR) is 88.8 cm³/mol. The number of carbonyl (C=O) groups excluding carboxylic acids is 1. The van der Waals surface area contributed by atoms with Gasteiger partial charge in [-0.05, 0) is 24.5 Å². The fourth-order valence-corrected chi connectivity index (χ4v) is 3.20. The molecule has 6 heteroatoms. The van der Waals surface area contributed by atoms with Crippen molar-refractivity contribution < 1.29 is 19.4 Å². The number of amides is 1. The molecule has 128 valence electrons. The molecule has 2 unspecified atom stereocenters. The molecule has 24 heavy (non-hydrogen) atoms. The number of hydrogen-bond donors (Lipinski definition) is 2. The van der Waals surface area contributed by atoms with E-state index in [4.69, 9.17) is 9.47 Å². The molecule has 0 radical (unpaired) electrons. The van der Waals surface area contributed by atoms with Crippen molar-refractivity contribution in [3.63, 3.8) is 0 Å². The van der Waals surface area contributed by atoms with E-state index >= 15 is 0 Å². The highest BCUT2D eigenvalue weighted by molar-refractivity contribution is 5.96. The lowest BCUT2D eigenvalue weighted by atomic mass is 9.82. The molecule has 2 N–H and O–H groups in total. The van der Waals surface area contributed by atoms with Crippen molar-refractivity contribution >= 4 is 5.91 Å². The molecular weight excluding hydrogens is 308 g/mol. The minimum absolute atomic E-state index is 0.0593. The molecule has 0 spiro atoms. The lowest BCUT2D eigenvalue weighted by Gasteiger charge is -2.28. The third-order valence-electron chi connectivity index (χ3n) is 4.77. The zero-order valence-corrected chi connectivity index (χ0v) is 14.3. The maximum atomic E-state index is 12.6. The Morgan fingerprint density at radius 1 is 1.54 bits per heavy atom. The predicted octanol–water partition coefficient (Wildman–Crippen LogP) is 2.55. The molecule has 2 aliphatic rings. The normalized spacial score (nSPS) is 24.6. The van der Waals surface area contributed by atoms with Crippen molar-refractivity contribution in [2.24, 2.45) is 5.41 Å². The van der Waals surface area contributed by atoms with Crippen molar-refractivity contribution in [3.05, 3.63) is 41.4 Å². The number of nitrogens with one attached hydrogen (secondary N) is 1. The van der Waals surface area contributed by atoms with Gasteiger partial charge in [-0.1, -0.05) is 20.4 Å². The van der Waals surface area contributed by atoms with Gasteiger partial charge in [0.1, 0.15) is 5.76 Å². The number of aromatic nitrogens is 1. The number of aromatic hydroxyl groups is 1. The number of fused-ring (bicyclic) bond motifs is 1. The second-order valence-electron chi connectivity index (χ2n) is 6.94. The van der Waals surface area contributed by atoms with E-state index in [1.165, 1.54) is 19.4 Å². The largest absolute Gasteiger partial charge is 0.503 e. The van der Waals surface area contributed by atoms with Crippen LogP contribution < -0.4 is 10.1 Å².